The molecule has 1 heterocycles. The van der Waals surface area contributed by atoms with Gasteiger partial charge in [0.05, 0.1) is 6.10 Å². The Morgan fingerprint density at radius 2 is 1.85 bits per heavy atom. The normalized spacial score (nSPS) is 32.2. The van der Waals surface area contributed by atoms with Crippen LogP contribution in [0.25, 0.3) is 6.08 Å². The predicted octanol–water partition coefficient (Wildman–Crippen LogP) is 1.45. The lowest BCUT2D eigenvalue weighted by atomic mass is 9.79. The summed E-state index contributed by atoms with van der Waals surface area (Å²) in [6.45, 7) is 3.35. The van der Waals surface area contributed by atoms with Crippen LogP contribution in [-0.2, 0) is 23.8 Å². The summed E-state index contributed by atoms with van der Waals surface area (Å²) in [7, 11) is 0. The molecule has 3 N–H and O–H groups in total. The van der Waals surface area contributed by atoms with Crippen LogP contribution in [0.2, 0.25) is 0 Å². The van der Waals surface area contributed by atoms with Gasteiger partial charge in [0.1, 0.15) is 18.0 Å². The Morgan fingerprint density at radius 3 is 2.48 bits per heavy atom. The van der Waals surface area contributed by atoms with E-state index >= 15 is 0 Å². The second-order valence-electron chi connectivity index (χ2n) is 7.28. The van der Waals surface area contributed by atoms with E-state index in [2.05, 4.69) is 0 Å². The van der Waals surface area contributed by atoms with Gasteiger partial charge in [-0.1, -0.05) is 12.1 Å². The molecule has 0 aromatic heterocycles. The summed E-state index contributed by atoms with van der Waals surface area (Å²) in [6.07, 6.45) is -0.0729. The molecule has 1 aromatic rings. The Morgan fingerprint density at radius 1 is 1.19 bits per heavy atom. The monoisotopic (exact) mass is 378 g/mol. The molecule has 4 atom stereocenters. The Kier molecular flexibility index (Phi) is 4.98. The number of carbonyl (C=O) groups is 2. The molecule has 3 rings (SSSR count). The van der Waals surface area contributed by atoms with Crippen molar-refractivity contribution in [1.29, 1.82) is 0 Å². The van der Waals surface area contributed by atoms with Gasteiger partial charge in [-0.15, -0.1) is 0 Å². The number of carboxylic acid groups (broad SMARTS) is 1. The number of hydrogen-bond donors (Lipinski definition) is 3. The lowest BCUT2D eigenvalue weighted by Crippen LogP contribution is -2.56. The van der Waals surface area contributed by atoms with E-state index in [1.165, 1.54) is 24.3 Å². The number of rotatable bonds is 4. The standard InChI is InChI=1S/C19H22O8/c1-18(2)26-14-10-19(24,17(22)23)9-13(16(14)27-18)25-15(21)8-5-11-3-6-12(20)7-4-11/h3-8,13-14,16,20,24H,9-10H2,1-2H3,(H,22,23)/b8-5+. The molecule has 0 amide bonds. The van der Waals surface area contributed by atoms with Crippen molar-refractivity contribution in [1.82, 2.24) is 0 Å². The van der Waals surface area contributed by atoms with Gasteiger partial charge >= 0.3 is 11.9 Å². The Hall–Kier alpha value is -2.42. The molecule has 0 bridgehead atoms. The number of carboxylic acids is 1. The molecular formula is C19H22O8. The molecule has 146 valence electrons. The van der Waals surface area contributed by atoms with Crippen LogP contribution in [0.1, 0.15) is 32.3 Å². The Labute approximate surface area is 156 Å². The number of aromatic hydroxyl groups is 1. The van der Waals surface area contributed by atoms with Crippen molar-refractivity contribution >= 4 is 18.0 Å². The fourth-order valence-corrected chi connectivity index (χ4v) is 3.42. The lowest BCUT2D eigenvalue weighted by molar-refractivity contribution is -0.184. The quantitative estimate of drug-likeness (QED) is 0.531. The molecule has 1 aromatic carbocycles. The molecule has 4 unspecified atom stereocenters. The van der Waals surface area contributed by atoms with Gasteiger partial charge in [-0.3, -0.25) is 0 Å². The highest BCUT2D eigenvalue weighted by atomic mass is 16.8. The van der Waals surface area contributed by atoms with Gasteiger partial charge in [0.2, 0.25) is 0 Å². The van der Waals surface area contributed by atoms with E-state index in [9.17, 15) is 24.9 Å². The van der Waals surface area contributed by atoms with Crippen molar-refractivity contribution in [3.8, 4) is 5.75 Å². The molecular weight excluding hydrogens is 356 g/mol. The maximum atomic E-state index is 12.2. The molecule has 0 spiro atoms. The number of hydrogen-bond acceptors (Lipinski definition) is 7. The third-order valence-corrected chi connectivity index (χ3v) is 4.64. The van der Waals surface area contributed by atoms with Crippen molar-refractivity contribution in [3.63, 3.8) is 0 Å². The van der Waals surface area contributed by atoms with E-state index < -0.39 is 41.6 Å². The first-order valence-corrected chi connectivity index (χ1v) is 8.57. The van der Waals surface area contributed by atoms with Gasteiger partial charge in [0.15, 0.2) is 11.4 Å². The zero-order valence-corrected chi connectivity index (χ0v) is 15.0. The summed E-state index contributed by atoms with van der Waals surface area (Å²) in [4.78, 5) is 23.7. The number of phenols is 1. The fourth-order valence-electron chi connectivity index (χ4n) is 3.42. The number of esters is 1. The number of ether oxygens (including phenoxy) is 3. The topological polar surface area (TPSA) is 123 Å². The van der Waals surface area contributed by atoms with Crippen molar-refractivity contribution in [3.05, 3.63) is 35.9 Å². The van der Waals surface area contributed by atoms with E-state index in [1.807, 2.05) is 0 Å². The number of benzene rings is 1. The molecule has 1 aliphatic carbocycles. The first-order valence-electron chi connectivity index (χ1n) is 8.57. The van der Waals surface area contributed by atoms with Crippen LogP contribution in [0.5, 0.6) is 5.75 Å². The summed E-state index contributed by atoms with van der Waals surface area (Å²) < 4.78 is 16.8. The average Bonchev–Trinajstić information content (AvgIpc) is 2.88. The van der Waals surface area contributed by atoms with Gasteiger partial charge in [-0.2, -0.15) is 0 Å². The third-order valence-electron chi connectivity index (χ3n) is 4.64. The smallest absolute Gasteiger partial charge is 0.335 e. The maximum Gasteiger partial charge on any atom is 0.335 e. The molecule has 1 saturated carbocycles. The summed E-state index contributed by atoms with van der Waals surface area (Å²) in [6, 6.07) is 6.20. The first-order chi connectivity index (χ1) is 12.6. The van der Waals surface area contributed by atoms with Crippen LogP contribution in [0.3, 0.4) is 0 Å². The lowest BCUT2D eigenvalue weighted by Gasteiger charge is -2.38. The van der Waals surface area contributed by atoms with Crippen LogP contribution < -0.4 is 0 Å². The molecule has 1 saturated heterocycles. The van der Waals surface area contributed by atoms with Crippen LogP contribution in [0, 0.1) is 0 Å². The van der Waals surface area contributed by atoms with Crippen molar-refractivity contribution in [2.45, 2.75) is 56.4 Å². The zero-order chi connectivity index (χ0) is 19.8. The number of carbonyl (C=O) groups excluding carboxylic acids is 1. The number of aliphatic carboxylic acids is 1. The number of aliphatic hydroxyl groups is 1. The summed E-state index contributed by atoms with van der Waals surface area (Å²) in [5.41, 5.74) is -1.38. The van der Waals surface area contributed by atoms with Gasteiger partial charge in [-0.25, -0.2) is 9.59 Å². The third kappa shape index (κ3) is 4.29. The van der Waals surface area contributed by atoms with Gasteiger partial charge in [0, 0.05) is 18.9 Å². The van der Waals surface area contributed by atoms with Crippen LogP contribution in [0.4, 0.5) is 0 Å². The highest BCUT2D eigenvalue weighted by Gasteiger charge is 2.57. The number of phenolic OH excluding ortho intramolecular Hbond substituents is 1. The predicted molar refractivity (Wildman–Crippen MR) is 92.7 cm³/mol. The van der Waals surface area contributed by atoms with Crippen LogP contribution >= 0.6 is 0 Å². The highest BCUT2D eigenvalue weighted by molar-refractivity contribution is 5.87. The second-order valence-corrected chi connectivity index (χ2v) is 7.28. The first kappa shape index (κ1) is 19.3. The summed E-state index contributed by atoms with van der Waals surface area (Å²) in [5.74, 6) is -2.95. The minimum Gasteiger partial charge on any atom is -0.508 e. The van der Waals surface area contributed by atoms with E-state index in [1.54, 1.807) is 26.0 Å². The van der Waals surface area contributed by atoms with Crippen molar-refractivity contribution in [2.24, 2.45) is 0 Å². The Bertz CT molecular complexity index is 753. The van der Waals surface area contributed by atoms with Crippen LogP contribution in [-0.4, -0.2) is 57.0 Å². The van der Waals surface area contributed by atoms with Crippen molar-refractivity contribution < 1.29 is 39.1 Å². The van der Waals surface area contributed by atoms with Gasteiger partial charge in [-0.05, 0) is 37.6 Å². The second kappa shape index (κ2) is 6.95. The average molecular weight is 378 g/mol. The fraction of sp³-hybridized carbons (Fsp3) is 0.474. The molecule has 8 heteroatoms. The molecule has 0 radical (unpaired) electrons. The van der Waals surface area contributed by atoms with E-state index in [4.69, 9.17) is 14.2 Å². The van der Waals surface area contributed by atoms with E-state index in [-0.39, 0.29) is 18.6 Å². The van der Waals surface area contributed by atoms with Gasteiger partial charge < -0.3 is 29.5 Å². The molecule has 27 heavy (non-hydrogen) atoms. The largest absolute Gasteiger partial charge is 0.508 e. The van der Waals surface area contributed by atoms with E-state index in [0.29, 0.717) is 5.56 Å². The highest BCUT2D eigenvalue weighted by Crippen LogP contribution is 2.42. The molecule has 2 fully saturated rings. The maximum absolute atomic E-state index is 12.2. The minimum atomic E-state index is -2.06. The SMILES string of the molecule is CC1(C)OC2CC(O)(C(=O)O)CC(OC(=O)/C=C/c3ccc(O)cc3)C2O1. The summed E-state index contributed by atoms with van der Waals surface area (Å²) >= 11 is 0. The Balaban J connectivity index is 1.73. The minimum absolute atomic E-state index is 0.108. The van der Waals surface area contributed by atoms with Crippen LogP contribution in [0.15, 0.2) is 30.3 Å². The molecule has 1 aliphatic heterocycles. The zero-order valence-electron chi connectivity index (χ0n) is 15.0. The summed E-state index contributed by atoms with van der Waals surface area (Å²) in [5, 5.41) is 29.0. The van der Waals surface area contributed by atoms with E-state index in [0.717, 1.165) is 0 Å². The molecule has 2 aliphatic rings. The van der Waals surface area contributed by atoms with Gasteiger partial charge in [0.25, 0.3) is 0 Å². The number of fused-ring (bicyclic) bond motifs is 1. The van der Waals surface area contributed by atoms with Crippen molar-refractivity contribution in [2.75, 3.05) is 0 Å². The molecule has 8 nitrogen and oxygen atoms in total.